The van der Waals surface area contributed by atoms with Crippen molar-refractivity contribution in [3.8, 4) is 0 Å². The standard InChI is InChI=1S/C6H12.C6H6.C5H5N.2C4H4N2.C4H8O2.C4H4O.C4H4S/c3*1-2-4-6-5-3-1;1-2-5-4-6-3-1;1-2-4-6-5-3-1;1-2-5-4-6-3-1;2*1-2-4-5-3-1/h1-6H2;1-6H;1-5H;2*1-4H;1-4H2;2*1-4H. The molecule has 0 bridgehead atoms. The molecule has 9 heteroatoms. The number of pyridine rings is 1. The van der Waals surface area contributed by atoms with Gasteiger partial charge in [0.1, 0.15) is 13.1 Å². The van der Waals surface area contributed by atoms with Gasteiger partial charge < -0.3 is 13.9 Å². The first-order chi connectivity index (χ1) is 23.0. The van der Waals surface area contributed by atoms with E-state index >= 15 is 0 Å². The fourth-order valence-electron chi connectivity index (χ4n) is 3.16. The van der Waals surface area contributed by atoms with E-state index in [4.69, 9.17) is 9.47 Å². The van der Waals surface area contributed by atoms with E-state index in [0.29, 0.717) is 6.79 Å². The van der Waals surface area contributed by atoms with Crippen molar-refractivity contribution in [1.82, 2.24) is 25.1 Å². The molecular weight excluding hydrogens is 595 g/mol. The number of nitrogens with zero attached hydrogens (tertiary/aromatic N) is 5. The fourth-order valence-corrected chi connectivity index (χ4v) is 3.61. The Morgan fingerprint density at radius 1 is 0.391 bits per heavy atom. The maximum Gasteiger partial charge on any atom is 0.146 e. The summed E-state index contributed by atoms with van der Waals surface area (Å²) in [5.41, 5.74) is 0. The molecule has 0 atom stereocenters. The quantitative estimate of drug-likeness (QED) is 0.162. The van der Waals surface area contributed by atoms with Crippen molar-refractivity contribution in [2.24, 2.45) is 0 Å². The number of benzene rings is 1. The molecule has 0 amide bonds. The Hall–Kier alpha value is -4.57. The minimum Gasteiger partial charge on any atom is -0.473 e. The average molecular weight is 642 g/mol. The van der Waals surface area contributed by atoms with Crippen LogP contribution in [0.2, 0.25) is 0 Å². The normalized spacial score (nSPS) is 12.2. The monoisotopic (exact) mass is 641 g/mol. The summed E-state index contributed by atoms with van der Waals surface area (Å²) in [4.78, 5) is 11.1. The second-order valence-corrected chi connectivity index (χ2v) is 9.81. The van der Waals surface area contributed by atoms with Gasteiger partial charge in [0.05, 0.1) is 25.7 Å². The van der Waals surface area contributed by atoms with Gasteiger partial charge in [-0.1, -0.05) is 93.1 Å². The van der Waals surface area contributed by atoms with E-state index < -0.39 is 0 Å². The second-order valence-electron chi connectivity index (χ2n) is 8.99. The van der Waals surface area contributed by atoms with Crippen LogP contribution in [0.25, 0.3) is 0 Å². The van der Waals surface area contributed by atoms with E-state index in [-0.39, 0.29) is 0 Å². The number of aromatic nitrogens is 5. The van der Waals surface area contributed by atoms with Gasteiger partial charge in [0, 0.05) is 37.2 Å². The predicted octanol–water partition coefficient (Wildman–Crippen LogP) is 9.47. The Balaban J connectivity index is 0.000000263. The maximum absolute atomic E-state index is 4.85. The van der Waals surface area contributed by atoms with Gasteiger partial charge in [0.25, 0.3) is 0 Å². The lowest BCUT2D eigenvalue weighted by Crippen LogP contribution is -2.11. The zero-order valence-corrected chi connectivity index (χ0v) is 27.3. The first-order valence-corrected chi connectivity index (χ1v) is 16.3. The highest BCUT2D eigenvalue weighted by Crippen LogP contribution is 2.15. The highest BCUT2D eigenvalue weighted by atomic mass is 32.1. The Labute approximate surface area is 278 Å². The van der Waals surface area contributed by atoms with Crippen LogP contribution in [0.4, 0.5) is 0 Å². The zero-order valence-electron chi connectivity index (χ0n) is 26.5. The zero-order chi connectivity index (χ0) is 32.5. The number of thiophene rings is 1. The molecule has 1 aliphatic carbocycles. The Bertz CT molecular complexity index is 903. The molecule has 2 aliphatic rings. The van der Waals surface area contributed by atoms with Crippen molar-refractivity contribution in [2.75, 3.05) is 20.0 Å². The van der Waals surface area contributed by atoms with Crippen LogP contribution in [-0.4, -0.2) is 45.2 Å². The van der Waals surface area contributed by atoms with E-state index in [1.54, 1.807) is 67.1 Å². The van der Waals surface area contributed by atoms with E-state index in [9.17, 15) is 0 Å². The number of hydrogen-bond donors (Lipinski definition) is 0. The molecule has 5 aromatic heterocycles. The van der Waals surface area contributed by atoms with Crippen LogP contribution in [-0.2, 0) is 9.47 Å². The third kappa shape index (κ3) is 33.9. The fraction of sp³-hybridized carbons (Fsp3) is 0.270. The van der Waals surface area contributed by atoms with Crippen molar-refractivity contribution in [1.29, 1.82) is 0 Å². The first-order valence-electron chi connectivity index (χ1n) is 15.4. The summed E-state index contributed by atoms with van der Waals surface area (Å²) >= 11 is 1.71. The summed E-state index contributed by atoms with van der Waals surface area (Å²) in [6.45, 7) is 2.25. The molecule has 8 nitrogen and oxygen atoms in total. The Morgan fingerprint density at radius 2 is 0.826 bits per heavy atom. The third-order valence-corrected chi connectivity index (χ3v) is 5.92. The second kappa shape index (κ2) is 36.6. The van der Waals surface area contributed by atoms with Crippen molar-refractivity contribution in [3.05, 3.63) is 164 Å². The SMILES string of the molecule is C1CCCCC1.C1COCOC1.c1ccccc1.c1ccncc1.c1ccnnc1.c1ccoc1.c1ccsc1.c1cncnc1. The van der Waals surface area contributed by atoms with Gasteiger partial charge in [0.15, 0.2) is 0 Å². The van der Waals surface area contributed by atoms with Crippen LogP contribution >= 0.6 is 11.3 Å². The highest BCUT2D eigenvalue weighted by Gasteiger charge is 1.95. The van der Waals surface area contributed by atoms with E-state index in [0.717, 1.165) is 19.6 Å². The van der Waals surface area contributed by atoms with Gasteiger partial charge in [-0.05, 0) is 59.6 Å². The molecule has 1 aromatic carbocycles. The molecule has 0 N–H and O–H groups in total. The summed E-state index contributed by atoms with van der Waals surface area (Å²) in [7, 11) is 0. The number of ether oxygens (including phenoxy) is 2. The summed E-state index contributed by atoms with van der Waals surface area (Å²) in [5.74, 6) is 0. The largest absolute Gasteiger partial charge is 0.473 e. The van der Waals surface area contributed by atoms with Crippen LogP contribution in [0, 0.1) is 0 Å². The van der Waals surface area contributed by atoms with Crippen LogP contribution in [0.15, 0.2) is 168 Å². The molecule has 1 saturated heterocycles. The maximum atomic E-state index is 4.85. The summed E-state index contributed by atoms with van der Waals surface area (Å²) in [5, 5.41) is 11.2. The van der Waals surface area contributed by atoms with E-state index in [1.165, 1.54) is 44.9 Å². The molecule has 0 unspecified atom stereocenters. The van der Waals surface area contributed by atoms with Gasteiger partial charge in [-0.2, -0.15) is 21.5 Å². The predicted molar refractivity (Wildman–Crippen MR) is 187 cm³/mol. The molecule has 8 rings (SSSR count). The molecule has 6 aromatic rings. The first kappa shape index (κ1) is 39.5. The van der Waals surface area contributed by atoms with E-state index in [1.807, 2.05) is 102 Å². The van der Waals surface area contributed by atoms with Gasteiger partial charge in [-0.15, -0.1) is 0 Å². The molecule has 0 spiro atoms. The highest BCUT2D eigenvalue weighted by molar-refractivity contribution is 7.07. The Morgan fingerprint density at radius 3 is 1.00 bits per heavy atom. The summed E-state index contributed by atoms with van der Waals surface area (Å²) < 4.78 is 14.3. The van der Waals surface area contributed by atoms with Gasteiger partial charge in [-0.25, -0.2) is 9.97 Å². The lowest BCUT2D eigenvalue weighted by atomic mass is 10.0. The molecule has 1 saturated carbocycles. The molecule has 6 heterocycles. The number of rotatable bonds is 0. The van der Waals surface area contributed by atoms with Crippen molar-refractivity contribution in [2.45, 2.75) is 44.9 Å². The van der Waals surface area contributed by atoms with Gasteiger partial charge >= 0.3 is 0 Å². The summed E-state index contributed by atoms with van der Waals surface area (Å²) in [6.07, 6.45) is 25.0. The smallest absolute Gasteiger partial charge is 0.146 e. The number of hydrogen-bond acceptors (Lipinski definition) is 9. The van der Waals surface area contributed by atoms with Crippen molar-refractivity contribution in [3.63, 3.8) is 0 Å². The van der Waals surface area contributed by atoms with E-state index in [2.05, 4.69) is 29.6 Å². The molecular formula is C37H47N5O3S. The van der Waals surface area contributed by atoms with Crippen LogP contribution < -0.4 is 0 Å². The van der Waals surface area contributed by atoms with Crippen LogP contribution in [0.5, 0.6) is 0 Å². The average Bonchev–Trinajstić information content (AvgIpc) is 3.99. The molecule has 1 aliphatic heterocycles. The topological polar surface area (TPSA) is 96.1 Å². The van der Waals surface area contributed by atoms with Crippen LogP contribution in [0.1, 0.15) is 44.9 Å². The lowest BCUT2D eigenvalue weighted by molar-refractivity contribution is -0.0963. The number of furan rings is 1. The van der Waals surface area contributed by atoms with Gasteiger partial charge in [0.2, 0.25) is 0 Å². The molecule has 46 heavy (non-hydrogen) atoms. The van der Waals surface area contributed by atoms with Crippen molar-refractivity contribution < 1.29 is 13.9 Å². The Kier molecular flexibility index (Phi) is 31.4. The molecule has 2 fully saturated rings. The third-order valence-electron chi connectivity index (χ3n) is 5.29. The van der Waals surface area contributed by atoms with Gasteiger partial charge in [-0.3, -0.25) is 4.98 Å². The van der Waals surface area contributed by atoms with Crippen LogP contribution in [0.3, 0.4) is 0 Å². The molecule has 244 valence electrons. The minimum atomic E-state index is 0.500. The molecule has 0 radical (unpaired) electrons. The summed E-state index contributed by atoms with van der Waals surface area (Å²) in [6, 6.07) is 30.8. The minimum absolute atomic E-state index is 0.500. The van der Waals surface area contributed by atoms with Crippen molar-refractivity contribution >= 4 is 11.3 Å². The lowest BCUT2D eigenvalue weighted by Gasteiger charge is -2.09.